The first-order chi connectivity index (χ1) is 14.6. The van der Waals surface area contributed by atoms with E-state index in [-0.39, 0.29) is 17.8 Å². The Hall–Kier alpha value is -2.96. The van der Waals surface area contributed by atoms with Gasteiger partial charge in [-0.25, -0.2) is 4.79 Å². The van der Waals surface area contributed by atoms with Crippen molar-refractivity contribution < 1.29 is 4.74 Å². The largest absolute Gasteiger partial charge is 0.375 e. The fourth-order valence-corrected chi connectivity index (χ4v) is 4.61. The molecule has 4 rings (SSSR count). The number of thiophene rings is 1. The molecule has 2 aromatic carbocycles. The average Bonchev–Trinajstić information content (AvgIpc) is 3.16. The van der Waals surface area contributed by atoms with E-state index in [1.54, 1.807) is 4.57 Å². The highest BCUT2D eigenvalue weighted by Gasteiger charge is 2.16. The summed E-state index contributed by atoms with van der Waals surface area (Å²) in [5.41, 5.74) is 2.64. The lowest BCUT2D eigenvalue weighted by Gasteiger charge is -2.13. The van der Waals surface area contributed by atoms with Crippen molar-refractivity contribution in [3.8, 4) is 0 Å². The van der Waals surface area contributed by atoms with Crippen LogP contribution in [-0.4, -0.2) is 15.7 Å². The Bertz CT molecular complexity index is 1240. The van der Waals surface area contributed by atoms with E-state index in [0.717, 1.165) is 27.9 Å². The third-order valence-corrected chi connectivity index (χ3v) is 6.28. The summed E-state index contributed by atoms with van der Waals surface area (Å²) in [6, 6.07) is 19.9. The molecular formula is C24H24N2O3S. The Morgan fingerprint density at radius 2 is 1.53 bits per heavy atom. The lowest BCUT2D eigenvalue weighted by molar-refractivity contribution is 0.111. The van der Waals surface area contributed by atoms with Crippen LogP contribution in [0.1, 0.15) is 16.7 Å². The topological polar surface area (TPSA) is 53.2 Å². The zero-order valence-corrected chi connectivity index (χ0v) is 17.7. The van der Waals surface area contributed by atoms with Crippen LogP contribution in [0, 0.1) is 6.92 Å². The number of benzene rings is 2. The normalized spacial score (nSPS) is 11.2. The molecular weight excluding hydrogens is 396 g/mol. The monoisotopic (exact) mass is 420 g/mol. The van der Waals surface area contributed by atoms with Gasteiger partial charge in [-0.2, -0.15) is 0 Å². The number of aromatic nitrogens is 2. The van der Waals surface area contributed by atoms with E-state index in [9.17, 15) is 9.59 Å². The van der Waals surface area contributed by atoms with Crippen LogP contribution in [0.3, 0.4) is 0 Å². The minimum atomic E-state index is -0.270. The second kappa shape index (κ2) is 9.24. The number of ether oxygens (including phenoxy) is 1. The van der Waals surface area contributed by atoms with Gasteiger partial charge < -0.3 is 4.74 Å². The molecule has 0 atom stereocenters. The predicted molar refractivity (Wildman–Crippen MR) is 121 cm³/mol. The van der Waals surface area contributed by atoms with E-state index in [1.807, 2.05) is 60.8 Å². The highest BCUT2D eigenvalue weighted by Crippen LogP contribution is 2.21. The standard InChI is InChI=1S/C24H24N2O3S/c1-18-17-30-23-21(18)22(27)25(14-15-29-16-20-10-6-3-7-11-20)24(28)26(23)13-12-19-8-4-2-5-9-19/h2-11,17H,12-16H2,1H3. The van der Waals surface area contributed by atoms with Gasteiger partial charge in [0.25, 0.3) is 5.56 Å². The molecule has 0 unspecified atom stereocenters. The third kappa shape index (κ3) is 4.30. The molecule has 0 saturated heterocycles. The van der Waals surface area contributed by atoms with Crippen molar-refractivity contribution in [3.63, 3.8) is 0 Å². The molecule has 2 aromatic heterocycles. The maximum absolute atomic E-state index is 13.2. The molecule has 4 aromatic rings. The van der Waals surface area contributed by atoms with Gasteiger partial charge >= 0.3 is 5.69 Å². The van der Waals surface area contributed by atoms with Gasteiger partial charge in [-0.05, 0) is 35.4 Å². The van der Waals surface area contributed by atoms with Crippen molar-refractivity contribution in [1.29, 1.82) is 0 Å². The van der Waals surface area contributed by atoms with Gasteiger partial charge in [0, 0.05) is 6.54 Å². The maximum Gasteiger partial charge on any atom is 0.332 e. The summed E-state index contributed by atoms with van der Waals surface area (Å²) in [7, 11) is 0. The number of nitrogens with zero attached hydrogens (tertiary/aromatic N) is 2. The number of hydrogen-bond donors (Lipinski definition) is 0. The Balaban J connectivity index is 1.58. The minimum absolute atomic E-state index is 0.229. The Morgan fingerprint density at radius 3 is 2.23 bits per heavy atom. The van der Waals surface area contributed by atoms with E-state index >= 15 is 0 Å². The molecule has 0 aliphatic carbocycles. The number of aryl methyl sites for hydroxylation is 3. The highest BCUT2D eigenvalue weighted by molar-refractivity contribution is 7.17. The van der Waals surface area contributed by atoms with Crippen LogP contribution in [0.2, 0.25) is 0 Å². The molecule has 0 aliphatic heterocycles. The zero-order valence-electron chi connectivity index (χ0n) is 16.9. The smallest absolute Gasteiger partial charge is 0.332 e. The first-order valence-electron chi connectivity index (χ1n) is 10.0. The van der Waals surface area contributed by atoms with Crippen LogP contribution in [0.15, 0.2) is 75.6 Å². The van der Waals surface area contributed by atoms with Gasteiger partial charge in [-0.15, -0.1) is 11.3 Å². The first-order valence-corrected chi connectivity index (χ1v) is 10.9. The molecule has 0 spiro atoms. The zero-order chi connectivity index (χ0) is 20.9. The van der Waals surface area contributed by atoms with Crippen molar-refractivity contribution in [2.75, 3.05) is 6.61 Å². The van der Waals surface area contributed by atoms with E-state index < -0.39 is 0 Å². The Kier molecular flexibility index (Phi) is 6.26. The molecule has 2 heterocycles. The number of rotatable bonds is 8. The van der Waals surface area contributed by atoms with Gasteiger partial charge in [0.1, 0.15) is 4.83 Å². The van der Waals surface area contributed by atoms with E-state index in [4.69, 9.17) is 4.74 Å². The first kappa shape index (κ1) is 20.3. The summed E-state index contributed by atoms with van der Waals surface area (Å²) >= 11 is 1.46. The van der Waals surface area contributed by atoms with Crippen LogP contribution in [0.5, 0.6) is 0 Å². The molecule has 0 radical (unpaired) electrons. The minimum Gasteiger partial charge on any atom is -0.375 e. The molecule has 6 heteroatoms. The van der Waals surface area contributed by atoms with Gasteiger partial charge in [0.05, 0.1) is 25.1 Å². The van der Waals surface area contributed by atoms with Crippen LogP contribution in [0.25, 0.3) is 10.2 Å². The van der Waals surface area contributed by atoms with Gasteiger partial charge in [-0.1, -0.05) is 60.7 Å². The van der Waals surface area contributed by atoms with Crippen LogP contribution in [0.4, 0.5) is 0 Å². The van der Waals surface area contributed by atoms with Crippen molar-refractivity contribution in [2.24, 2.45) is 0 Å². The van der Waals surface area contributed by atoms with Crippen molar-refractivity contribution >= 4 is 21.6 Å². The Labute approximate surface area is 178 Å². The lowest BCUT2D eigenvalue weighted by Crippen LogP contribution is -2.41. The van der Waals surface area contributed by atoms with Crippen LogP contribution >= 0.6 is 11.3 Å². The maximum atomic E-state index is 13.2. The molecule has 0 bridgehead atoms. The second-order valence-corrected chi connectivity index (χ2v) is 8.12. The summed E-state index contributed by atoms with van der Waals surface area (Å²) in [6.07, 6.45) is 0.732. The van der Waals surface area contributed by atoms with E-state index in [0.29, 0.717) is 25.1 Å². The fourth-order valence-electron chi connectivity index (χ4n) is 3.54. The summed E-state index contributed by atoms with van der Waals surface area (Å²) in [5, 5.41) is 2.58. The SMILES string of the molecule is Cc1csc2c1c(=O)n(CCOCc1ccccc1)c(=O)n2CCc1ccccc1. The summed E-state index contributed by atoms with van der Waals surface area (Å²) in [5.74, 6) is 0. The number of hydrogen-bond acceptors (Lipinski definition) is 4. The third-order valence-electron chi connectivity index (χ3n) is 5.16. The van der Waals surface area contributed by atoms with E-state index in [1.165, 1.54) is 15.9 Å². The molecule has 30 heavy (non-hydrogen) atoms. The molecule has 154 valence electrons. The fraction of sp³-hybridized carbons (Fsp3) is 0.250. The quantitative estimate of drug-likeness (QED) is 0.405. The molecule has 0 N–H and O–H groups in total. The summed E-state index contributed by atoms with van der Waals surface area (Å²) in [4.78, 5) is 26.9. The van der Waals surface area contributed by atoms with Crippen LogP contribution in [-0.2, 0) is 30.9 Å². The van der Waals surface area contributed by atoms with Crippen molar-refractivity contribution in [2.45, 2.75) is 33.0 Å². The van der Waals surface area contributed by atoms with Crippen molar-refractivity contribution in [3.05, 3.63) is 104 Å². The Morgan fingerprint density at radius 1 is 0.867 bits per heavy atom. The number of fused-ring (bicyclic) bond motifs is 1. The van der Waals surface area contributed by atoms with Gasteiger partial charge in [-0.3, -0.25) is 13.9 Å². The molecule has 5 nitrogen and oxygen atoms in total. The van der Waals surface area contributed by atoms with Crippen molar-refractivity contribution in [1.82, 2.24) is 9.13 Å². The summed E-state index contributed by atoms with van der Waals surface area (Å²) < 4.78 is 8.77. The van der Waals surface area contributed by atoms with Gasteiger partial charge in [0.15, 0.2) is 0 Å². The second-order valence-electron chi connectivity index (χ2n) is 7.26. The average molecular weight is 421 g/mol. The molecule has 0 amide bonds. The highest BCUT2D eigenvalue weighted by atomic mass is 32.1. The molecule has 0 fully saturated rings. The van der Waals surface area contributed by atoms with Crippen LogP contribution < -0.4 is 11.2 Å². The summed E-state index contributed by atoms with van der Waals surface area (Å²) in [6.45, 7) is 3.45. The molecule has 0 saturated carbocycles. The predicted octanol–water partition coefficient (Wildman–Crippen LogP) is 3.99. The van der Waals surface area contributed by atoms with Gasteiger partial charge in [0.2, 0.25) is 0 Å². The lowest BCUT2D eigenvalue weighted by atomic mass is 10.1. The molecule has 0 aliphatic rings. The van der Waals surface area contributed by atoms with E-state index in [2.05, 4.69) is 12.1 Å².